The van der Waals surface area contributed by atoms with E-state index in [1.807, 2.05) is 6.08 Å². The molecule has 0 aromatic rings. The molecule has 0 saturated heterocycles. The molecule has 22 heavy (non-hydrogen) atoms. The first-order valence-corrected chi connectivity index (χ1v) is 9.15. The van der Waals surface area contributed by atoms with Gasteiger partial charge in [-0.2, -0.15) is 0 Å². The summed E-state index contributed by atoms with van der Waals surface area (Å²) in [5, 5.41) is 11.0. The largest absolute Gasteiger partial charge is 0.392 e. The molecule has 5 unspecified atom stereocenters. The SMILES string of the molecule is C[C@@H]1CC23CCC4C(C)(C)CCC(O)C4(C)C2=CC(=O)C1C3. The van der Waals surface area contributed by atoms with E-state index < -0.39 is 0 Å². The maximum atomic E-state index is 12.6. The number of hydrogen-bond acceptors (Lipinski definition) is 2. The van der Waals surface area contributed by atoms with E-state index in [-0.39, 0.29) is 28.3 Å². The van der Waals surface area contributed by atoms with Crippen LogP contribution in [-0.4, -0.2) is 17.0 Å². The third-order valence-corrected chi connectivity index (χ3v) is 8.15. The molecule has 122 valence electrons. The van der Waals surface area contributed by atoms with Crippen LogP contribution in [0.4, 0.5) is 0 Å². The summed E-state index contributed by atoms with van der Waals surface area (Å²) in [7, 11) is 0. The highest BCUT2D eigenvalue weighted by Gasteiger charge is 2.64. The van der Waals surface area contributed by atoms with Crippen molar-refractivity contribution in [1.29, 1.82) is 0 Å². The Hall–Kier alpha value is -0.630. The van der Waals surface area contributed by atoms with Crippen molar-refractivity contribution in [2.75, 3.05) is 0 Å². The third-order valence-electron chi connectivity index (χ3n) is 8.15. The predicted molar refractivity (Wildman–Crippen MR) is 87.3 cm³/mol. The van der Waals surface area contributed by atoms with Gasteiger partial charge >= 0.3 is 0 Å². The van der Waals surface area contributed by atoms with Gasteiger partial charge in [0, 0.05) is 11.3 Å². The molecule has 0 amide bonds. The molecular weight excluding hydrogens is 272 g/mol. The topological polar surface area (TPSA) is 37.3 Å². The molecular formula is C20H30O2. The minimum Gasteiger partial charge on any atom is -0.392 e. The van der Waals surface area contributed by atoms with Gasteiger partial charge in [0.15, 0.2) is 5.78 Å². The quantitative estimate of drug-likeness (QED) is 0.730. The lowest BCUT2D eigenvalue weighted by molar-refractivity contribution is -0.125. The van der Waals surface area contributed by atoms with Gasteiger partial charge in [-0.15, -0.1) is 0 Å². The zero-order valence-electron chi connectivity index (χ0n) is 14.5. The second-order valence-corrected chi connectivity index (χ2v) is 9.65. The summed E-state index contributed by atoms with van der Waals surface area (Å²) in [6.07, 6.45) is 8.33. The maximum absolute atomic E-state index is 12.6. The molecule has 0 aromatic carbocycles. The molecule has 4 rings (SSSR count). The van der Waals surface area contributed by atoms with E-state index >= 15 is 0 Å². The highest BCUT2D eigenvalue weighted by atomic mass is 16.3. The van der Waals surface area contributed by atoms with Gasteiger partial charge in [-0.05, 0) is 67.3 Å². The second-order valence-electron chi connectivity index (χ2n) is 9.65. The summed E-state index contributed by atoms with van der Waals surface area (Å²) in [5.74, 6) is 1.60. The van der Waals surface area contributed by atoms with Gasteiger partial charge in [0.2, 0.25) is 0 Å². The first-order valence-electron chi connectivity index (χ1n) is 9.15. The molecule has 1 spiro atoms. The van der Waals surface area contributed by atoms with Crippen LogP contribution in [0.15, 0.2) is 11.6 Å². The van der Waals surface area contributed by atoms with E-state index in [1.54, 1.807) is 0 Å². The van der Waals surface area contributed by atoms with Crippen LogP contribution in [0, 0.1) is 34.0 Å². The van der Waals surface area contributed by atoms with Gasteiger partial charge in [-0.3, -0.25) is 4.79 Å². The molecule has 3 fully saturated rings. The van der Waals surface area contributed by atoms with Crippen LogP contribution >= 0.6 is 0 Å². The Morgan fingerprint density at radius 3 is 2.59 bits per heavy atom. The van der Waals surface area contributed by atoms with Gasteiger partial charge in [-0.25, -0.2) is 0 Å². The molecule has 0 aromatic heterocycles. The van der Waals surface area contributed by atoms with Gasteiger partial charge in [-0.1, -0.05) is 33.3 Å². The Morgan fingerprint density at radius 2 is 1.86 bits per heavy atom. The van der Waals surface area contributed by atoms with Crippen molar-refractivity contribution in [1.82, 2.24) is 0 Å². The normalized spacial score (nSPS) is 52.8. The average molecular weight is 302 g/mol. The smallest absolute Gasteiger partial charge is 0.159 e. The molecule has 2 nitrogen and oxygen atoms in total. The monoisotopic (exact) mass is 302 g/mol. The molecule has 2 heteroatoms. The van der Waals surface area contributed by atoms with Crippen LogP contribution in [0.25, 0.3) is 0 Å². The molecule has 0 heterocycles. The summed E-state index contributed by atoms with van der Waals surface area (Å²) < 4.78 is 0. The highest BCUT2D eigenvalue weighted by Crippen LogP contribution is 2.70. The van der Waals surface area contributed by atoms with E-state index in [9.17, 15) is 9.90 Å². The van der Waals surface area contributed by atoms with Crippen molar-refractivity contribution in [3.8, 4) is 0 Å². The molecule has 4 aliphatic carbocycles. The number of hydrogen-bond donors (Lipinski definition) is 1. The van der Waals surface area contributed by atoms with E-state index in [0.717, 1.165) is 25.7 Å². The van der Waals surface area contributed by atoms with Gasteiger partial charge in [0.05, 0.1) is 6.10 Å². The van der Waals surface area contributed by atoms with Crippen molar-refractivity contribution in [2.24, 2.45) is 34.0 Å². The Balaban J connectivity index is 1.86. The van der Waals surface area contributed by atoms with Crippen molar-refractivity contribution in [3.63, 3.8) is 0 Å². The summed E-state index contributed by atoms with van der Waals surface area (Å²) in [6, 6.07) is 0. The van der Waals surface area contributed by atoms with E-state index in [1.165, 1.54) is 18.4 Å². The van der Waals surface area contributed by atoms with Crippen molar-refractivity contribution >= 4 is 5.78 Å². The lowest BCUT2D eigenvalue weighted by Crippen LogP contribution is -2.57. The fraction of sp³-hybridized carbons (Fsp3) is 0.850. The Kier molecular flexibility index (Phi) is 2.89. The molecule has 6 atom stereocenters. The average Bonchev–Trinajstić information content (AvgIpc) is 2.72. The maximum Gasteiger partial charge on any atom is 0.159 e. The van der Waals surface area contributed by atoms with Crippen LogP contribution in [0.3, 0.4) is 0 Å². The fourth-order valence-corrected chi connectivity index (χ4v) is 7.04. The number of allylic oxidation sites excluding steroid dienone is 1. The van der Waals surface area contributed by atoms with Crippen molar-refractivity contribution in [2.45, 2.75) is 72.3 Å². The minimum absolute atomic E-state index is 0.190. The summed E-state index contributed by atoms with van der Waals surface area (Å²) in [4.78, 5) is 12.6. The van der Waals surface area contributed by atoms with Crippen LogP contribution in [-0.2, 0) is 4.79 Å². The molecule has 2 bridgehead atoms. The summed E-state index contributed by atoms with van der Waals surface area (Å²) >= 11 is 0. The zero-order chi connectivity index (χ0) is 15.9. The van der Waals surface area contributed by atoms with Crippen molar-refractivity contribution in [3.05, 3.63) is 11.6 Å². The lowest BCUT2D eigenvalue weighted by atomic mass is 9.43. The number of fused-ring (bicyclic) bond motifs is 3. The van der Waals surface area contributed by atoms with E-state index in [4.69, 9.17) is 0 Å². The van der Waals surface area contributed by atoms with E-state index in [2.05, 4.69) is 27.7 Å². The number of aliphatic hydroxyl groups is 1. The van der Waals surface area contributed by atoms with E-state index in [0.29, 0.717) is 17.6 Å². The molecule has 4 aliphatic rings. The standard InChI is InChI=1S/C20H30O2/c1-12-10-20-8-5-15-18(2,3)7-6-17(22)19(15,4)16(20)9-14(21)13(12)11-20/h9,12-13,15,17,22H,5-8,10-11H2,1-4H3/t12-,13?,15?,17?,19?,20?/m1/s1. The molecule has 1 N–H and O–H groups in total. The van der Waals surface area contributed by atoms with Crippen LogP contribution < -0.4 is 0 Å². The minimum atomic E-state index is -0.283. The predicted octanol–water partition coefficient (Wildman–Crippen LogP) is 4.13. The lowest BCUT2D eigenvalue weighted by Gasteiger charge is -2.62. The highest BCUT2D eigenvalue weighted by molar-refractivity contribution is 5.95. The summed E-state index contributed by atoms with van der Waals surface area (Å²) in [5.41, 5.74) is 1.63. The number of carbonyl (C=O) groups excluding carboxylic acids is 1. The van der Waals surface area contributed by atoms with Gasteiger partial charge in [0.1, 0.15) is 0 Å². The number of ketones is 1. The second kappa shape index (κ2) is 4.26. The molecule has 0 aliphatic heterocycles. The van der Waals surface area contributed by atoms with Gasteiger partial charge < -0.3 is 5.11 Å². The van der Waals surface area contributed by atoms with Gasteiger partial charge in [0.25, 0.3) is 0 Å². The Morgan fingerprint density at radius 1 is 1.14 bits per heavy atom. The third kappa shape index (κ3) is 1.63. The fourth-order valence-electron chi connectivity index (χ4n) is 7.04. The number of aliphatic hydroxyl groups excluding tert-OH is 1. The Labute approximate surface area is 134 Å². The number of rotatable bonds is 0. The van der Waals surface area contributed by atoms with Crippen LogP contribution in [0.1, 0.15) is 66.2 Å². The summed E-state index contributed by atoms with van der Waals surface area (Å²) in [6.45, 7) is 9.26. The van der Waals surface area contributed by atoms with Crippen LogP contribution in [0.2, 0.25) is 0 Å². The van der Waals surface area contributed by atoms with Crippen LogP contribution in [0.5, 0.6) is 0 Å². The zero-order valence-corrected chi connectivity index (χ0v) is 14.5. The molecule has 0 radical (unpaired) electrons. The van der Waals surface area contributed by atoms with Crippen molar-refractivity contribution < 1.29 is 9.90 Å². The number of carbonyl (C=O) groups is 1. The molecule has 3 saturated carbocycles. The first kappa shape index (κ1) is 14.9. The Bertz CT molecular complexity index is 560. The first-order chi connectivity index (χ1) is 10.2.